The standard InChI is InChI=1S/C27H34F4N2O/c1-4-5-16-32-25(27(29,30)31)13-9-7-11-21-20-10-6-8-12-23(20)33-18-26(21,2)22-17-19(28)14-15-24(22)34-3/h6,8,10,12,14-15,17-18,21,25,32H,4-5,7,9,11,13,16H2,1-3H3. The molecule has 0 aromatic heterocycles. The maximum atomic E-state index is 14.3. The Morgan fingerprint density at radius 2 is 1.88 bits per heavy atom. The minimum Gasteiger partial charge on any atom is -0.496 e. The summed E-state index contributed by atoms with van der Waals surface area (Å²) in [4.78, 5) is 4.65. The Morgan fingerprint density at radius 1 is 1.12 bits per heavy atom. The fourth-order valence-corrected chi connectivity index (χ4v) is 4.86. The van der Waals surface area contributed by atoms with Crippen LogP contribution in [-0.4, -0.2) is 32.1 Å². The lowest BCUT2D eigenvalue weighted by molar-refractivity contribution is -0.157. The molecule has 0 fully saturated rings. The molecule has 2 aromatic carbocycles. The molecule has 1 N–H and O–H groups in total. The van der Waals surface area contributed by atoms with Crippen molar-refractivity contribution < 1.29 is 22.3 Å². The number of ether oxygens (including phenoxy) is 1. The van der Waals surface area contributed by atoms with Crippen LogP contribution >= 0.6 is 0 Å². The average molecular weight is 479 g/mol. The van der Waals surface area contributed by atoms with Crippen molar-refractivity contribution in [1.29, 1.82) is 0 Å². The molecule has 1 aliphatic heterocycles. The van der Waals surface area contributed by atoms with E-state index in [0.717, 1.165) is 24.1 Å². The summed E-state index contributed by atoms with van der Waals surface area (Å²) in [5.41, 5.74) is 1.89. The highest BCUT2D eigenvalue weighted by Crippen LogP contribution is 2.49. The molecule has 34 heavy (non-hydrogen) atoms. The van der Waals surface area contributed by atoms with Gasteiger partial charge in [-0.05, 0) is 62.6 Å². The van der Waals surface area contributed by atoms with Crippen LogP contribution < -0.4 is 10.1 Å². The first-order valence-electron chi connectivity index (χ1n) is 12.0. The van der Waals surface area contributed by atoms with Crippen molar-refractivity contribution in [2.75, 3.05) is 13.7 Å². The quantitative estimate of drug-likeness (QED) is 0.268. The molecule has 3 nitrogen and oxygen atoms in total. The Hall–Kier alpha value is -2.41. The third-order valence-electron chi connectivity index (χ3n) is 6.80. The van der Waals surface area contributed by atoms with E-state index in [2.05, 4.69) is 10.3 Å². The second kappa shape index (κ2) is 11.3. The minimum absolute atomic E-state index is 0.0374. The van der Waals surface area contributed by atoms with Gasteiger partial charge in [-0.15, -0.1) is 0 Å². The van der Waals surface area contributed by atoms with E-state index in [1.54, 1.807) is 13.2 Å². The van der Waals surface area contributed by atoms with Gasteiger partial charge in [0.1, 0.15) is 17.6 Å². The van der Waals surface area contributed by atoms with Crippen LogP contribution in [0.2, 0.25) is 0 Å². The number of alkyl halides is 3. The van der Waals surface area contributed by atoms with Crippen LogP contribution in [0.15, 0.2) is 47.5 Å². The largest absolute Gasteiger partial charge is 0.496 e. The molecule has 0 radical (unpaired) electrons. The van der Waals surface area contributed by atoms with E-state index in [4.69, 9.17) is 4.74 Å². The summed E-state index contributed by atoms with van der Waals surface area (Å²) < 4.78 is 60.2. The van der Waals surface area contributed by atoms with Gasteiger partial charge >= 0.3 is 6.18 Å². The maximum Gasteiger partial charge on any atom is 0.403 e. The number of benzene rings is 2. The number of hydrogen-bond donors (Lipinski definition) is 1. The summed E-state index contributed by atoms with van der Waals surface area (Å²) in [6, 6.07) is 10.7. The summed E-state index contributed by atoms with van der Waals surface area (Å²) in [5, 5.41) is 2.67. The average Bonchev–Trinajstić information content (AvgIpc) is 2.81. The van der Waals surface area contributed by atoms with E-state index < -0.39 is 17.6 Å². The van der Waals surface area contributed by atoms with Crippen LogP contribution in [0.1, 0.15) is 69.4 Å². The van der Waals surface area contributed by atoms with E-state index >= 15 is 0 Å². The maximum absolute atomic E-state index is 14.3. The highest BCUT2D eigenvalue weighted by atomic mass is 19.4. The number of rotatable bonds is 11. The molecule has 0 bridgehead atoms. The van der Waals surface area contributed by atoms with Gasteiger partial charge in [0.05, 0.1) is 12.8 Å². The van der Waals surface area contributed by atoms with Gasteiger partial charge in [-0.1, -0.05) is 44.4 Å². The number of para-hydroxylation sites is 1. The Balaban J connectivity index is 1.81. The fraction of sp³-hybridized carbons (Fsp3) is 0.519. The first-order chi connectivity index (χ1) is 16.2. The predicted octanol–water partition coefficient (Wildman–Crippen LogP) is 7.47. The van der Waals surface area contributed by atoms with Gasteiger partial charge in [0, 0.05) is 23.1 Å². The number of halogens is 4. The van der Waals surface area contributed by atoms with Crippen molar-refractivity contribution in [2.45, 2.75) is 75.9 Å². The van der Waals surface area contributed by atoms with Gasteiger partial charge < -0.3 is 10.1 Å². The first-order valence-corrected chi connectivity index (χ1v) is 12.0. The fourth-order valence-electron chi connectivity index (χ4n) is 4.86. The summed E-state index contributed by atoms with van der Waals surface area (Å²) in [5.74, 6) is 0.125. The summed E-state index contributed by atoms with van der Waals surface area (Å²) in [7, 11) is 1.55. The zero-order valence-electron chi connectivity index (χ0n) is 20.1. The highest BCUT2D eigenvalue weighted by molar-refractivity contribution is 5.83. The zero-order chi connectivity index (χ0) is 24.8. The van der Waals surface area contributed by atoms with Crippen LogP contribution in [0.25, 0.3) is 0 Å². The van der Waals surface area contributed by atoms with Crippen LogP contribution in [0.4, 0.5) is 23.2 Å². The van der Waals surface area contributed by atoms with E-state index in [-0.39, 0.29) is 18.2 Å². The molecule has 1 aliphatic rings. The molecule has 0 aliphatic carbocycles. The number of hydrogen-bond acceptors (Lipinski definition) is 3. The van der Waals surface area contributed by atoms with Crippen LogP contribution in [-0.2, 0) is 5.41 Å². The van der Waals surface area contributed by atoms with Gasteiger partial charge in [-0.25, -0.2) is 4.39 Å². The monoisotopic (exact) mass is 478 g/mol. The van der Waals surface area contributed by atoms with E-state index in [9.17, 15) is 17.6 Å². The Bertz CT molecular complexity index is 975. The lowest BCUT2D eigenvalue weighted by atomic mass is 9.66. The lowest BCUT2D eigenvalue weighted by Crippen LogP contribution is -2.42. The SMILES string of the molecule is CCCCNC(CCCCC1c2ccccc2N=CC1(C)c1cc(F)ccc1OC)C(F)(F)F. The van der Waals surface area contributed by atoms with Gasteiger partial charge in [-0.3, -0.25) is 4.99 Å². The molecule has 0 amide bonds. The number of aliphatic imine (C=N–C) groups is 1. The lowest BCUT2D eigenvalue weighted by Gasteiger charge is -2.39. The van der Waals surface area contributed by atoms with Crippen molar-refractivity contribution in [1.82, 2.24) is 5.32 Å². The molecule has 3 atom stereocenters. The van der Waals surface area contributed by atoms with Crippen molar-refractivity contribution >= 4 is 11.9 Å². The number of unbranched alkanes of at least 4 members (excludes halogenated alkanes) is 2. The number of fused-ring (bicyclic) bond motifs is 1. The van der Waals surface area contributed by atoms with Gasteiger partial charge in [0.15, 0.2) is 0 Å². The Labute approximate surface area is 199 Å². The predicted molar refractivity (Wildman–Crippen MR) is 129 cm³/mol. The van der Waals surface area contributed by atoms with E-state index in [1.165, 1.54) is 12.1 Å². The summed E-state index contributed by atoms with van der Waals surface area (Å²) >= 11 is 0. The normalized spacial score (nSPS) is 20.7. The van der Waals surface area contributed by atoms with Crippen LogP contribution in [0, 0.1) is 5.82 Å². The van der Waals surface area contributed by atoms with Crippen molar-refractivity contribution in [3.05, 3.63) is 59.4 Å². The molecular weight excluding hydrogens is 444 g/mol. The molecular formula is C27H34F4N2O. The third-order valence-corrected chi connectivity index (χ3v) is 6.80. The highest BCUT2D eigenvalue weighted by Gasteiger charge is 2.42. The molecule has 3 rings (SSSR count). The molecule has 1 heterocycles. The van der Waals surface area contributed by atoms with Gasteiger partial charge in [0.2, 0.25) is 0 Å². The zero-order valence-corrected chi connectivity index (χ0v) is 20.1. The molecule has 0 saturated carbocycles. The van der Waals surface area contributed by atoms with E-state index in [1.807, 2.05) is 44.3 Å². The summed E-state index contributed by atoms with van der Waals surface area (Å²) in [6.07, 6.45) is 0.885. The second-order valence-corrected chi connectivity index (χ2v) is 9.18. The second-order valence-electron chi connectivity index (χ2n) is 9.18. The molecule has 2 aromatic rings. The van der Waals surface area contributed by atoms with Gasteiger partial charge in [-0.2, -0.15) is 13.2 Å². The van der Waals surface area contributed by atoms with Crippen molar-refractivity contribution in [3.63, 3.8) is 0 Å². The van der Waals surface area contributed by atoms with E-state index in [0.29, 0.717) is 37.1 Å². The van der Waals surface area contributed by atoms with Crippen LogP contribution in [0.3, 0.4) is 0 Å². The van der Waals surface area contributed by atoms with Crippen molar-refractivity contribution in [2.24, 2.45) is 4.99 Å². The molecule has 186 valence electrons. The molecule has 0 saturated heterocycles. The number of nitrogens with zero attached hydrogens (tertiary/aromatic N) is 1. The van der Waals surface area contributed by atoms with Gasteiger partial charge in [0.25, 0.3) is 0 Å². The molecule has 0 spiro atoms. The minimum atomic E-state index is -4.26. The molecule has 7 heteroatoms. The Morgan fingerprint density at radius 3 is 2.59 bits per heavy atom. The topological polar surface area (TPSA) is 33.6 Å². The Kier molecular flexibility index (Phi) is 8.74. The van der Waals surface area contributed by atoms with Crippen molar-refractivity contribution in [3.8, 4) is 5.75 Å². The number of nitrogens with one attached hydrogen (secondary N) is 1. The first kappa shape index (κ1) is 26.2. The smallest absolute Gasteiger partial charge is 0.403 e. The third kappa shape index (κ3) is 5.98. The molecule has 3 unspecified atom stereocenters. The van der Waals surface area contributed by atoms with Crippen LogP contribution in [0.5, 0.6) is 5.75 Å². The summed E-state index contributed by atoms with van der Waals surface area (Å²) in [6.45, 7) is 4.32. The number of methoxy groups -OCH3 is 1.